The molecule has 1 atom stereocenters. The zero-order chi connectivity index (χ0) is 16.9. The van der Waals surface area contributed by atoms with Gasteiger partial charge in [-0.15, -0.1) is 0 Å². The quantitative estimate of drug-likeness (QED) is 0.753. The van der Waals surface area contributed by atoms with Crippen molar-refractivity contribution in [3.05, 3.63) is 11.6 Å². The van der Waals surface area contributed by atoms with E-state index in [9.17, 15) is 4.79 Å². The predicted molar refractivity (Wildman–Crippen MR) is 93.5 cm³/mol. The highest BCUT2D eigenvalue weighted by Gasteiger charge is 2.33. The molecule has 0 aromatic carbocycles. The number of carbonyl (C=O) groups is 1. The van der Waals surface area contributed by atoms with Crippen molar-refractivity contribution in [1.29, 1.82) is 0 Å². The van der Waals surface area contributed by atoms with Gasteiger partial charge in [0.15, 0.2) is 0 Å². The molecule has 2 fully saturated rings. The van der Waals surface area contributed by atoms with Crippen LogP contribution in [0.25, 0.3) is 0 Å². The van der Waals surface area contributed by atoms with Crippen LogP contribution in [-0.2, 0) is 9.53 Å². The smallest absolute Gasteiger partial charge is 0.243 e. The summed E-state index contributed by atoms with van der Waals surface area (Å²) in [7, 11) is 0. The van der Waals surface area contributed by atoms with Crippen LogP contribution in [0, 0.1) is 5.92 Å². The van der Waals surface area contributed by atoms with E-state index in [4.69, 9.17) is 4.74 Å². The van der Waals surface area contributed by atoms with E-state index in [1.807, 2.05) is 13.8 Å². The maximum atomic E-state index is 11.7. The second-order valence-electron chi connectivity index (χ2n) is 7.77. The van der Waals surface area contributed by atoms with Gasteiger partial charge in [-0.05, 0) is 46.6 Å². The average molecular weight is 323 g/mol. The van der Waals surface area contributed by atoms with Crippen LogP contribution in [0.4, 0.5) is 0 Å². The number of amides is 1. The molecular formula is C18H33N3O2. The summed E-state index contributed by atoms with van der Waals surface area (Å²) in [5, 5.41) is 3.03. The zero-order valence-electron chi connectivity index (χ0n) is 15.2. The Bertz CT molecular complexity index is 424. The van der Waals surface area contributed by atoms with Crippen LogP contribution in [0.5, 0.6) is 0 Å². The molecule has 2 heterocycles. The zero-order valence-corrected chi connectivity index (χ0v) is 15.2. The molecule has 2 aliphatic heterocycles. The number of hydrogen-bond donors (Lipinski definition) is 1. The lowest BCUT2D eigenvalue weighted by molar-refractivity contribution is -0.116. The molecule has 2 saturated heterocycles. The van der Waals surface area contributed by atoms with E-state index in [0.29, 0.717) is 5.92 Å². The van der Waals surface area contributed by atoms with Crippen LogP contribution < -0.4 is 5.32 Å². The lowest BCUT2D eigenvalue weighted by Gasteiger charge is -2.43. The van der Waals surface area contributed by atoms with Gasteiger partial charge in [0.1, 0.15) is 0 Å². The van der Waals surface area contributed by atoms with E-state index in [1.165, 1.54) is 6.42 Å². The second kappa shape index (κ2) is 8.27. The first kappa shape index (κ1) is 18.4. The number of carbonyl (C=O) groups excluding carboxylic acids is 1. The SMILES string of the molecule is CC(C)=CC(=O)NC[C@@H]1CCN(CC(C)(C)N2CCOCC2)C1. The van der Waals surface area contributed by atoms with Crippen LogP contribution in [0.15, 0.2) is 11.6 Å². The lowest BCUT2D eigenvalue weighted by Crippen LogP contribution is -2.55. The minimum atomic E-state index is 0.0390. The standard InChI is InChI=1S/C18H33N3O2/c1-15(2)11-17(22)19-12-16-5-6-20(13-16)14-18(3,4)21-7-9-23-10-8-21/h11,16H,5-10,12-14H2,1-4H3,(H,19,22)/t16-/m0/s1. The van der Waals surface area contributed by atoms with Gasteiger partial charge in [0, 0.05) is 44.3 Å². The van der Waals surface area contributed by atoms with Gasteiger partial charge in [-0.25, -0.2) is 0 Å². The fraction of sp³-hybridized carbons (Fsp3) is 0.833. The fourth-order valence-corrected chi connectivity index (χ4v) is 3.60. The van der Waals surface area contributed by atoms with E-state index in [2.05, 4.69) is 29.0 Å². The van der Waals surface area contributed by atoms with Crippen molar-refractivity contribution in [2.45, 2.75) is 39.7 Å². The van der Waals surface area contributed by atoms with Gasteiger partial charge in [-0.3, -0.25) is 9.69 Å². The van der Waals surface area contributed by atoms with Gasteiger partial charge < -0.3 is 15.0 Å². The molecule has 0 spiro atoms. The first-order valence-electron chi connectivity index (χ1n) is 8.85. The Morgan fingerprint density at radius 1 is 1.26 bits per heavy atom. The summed E-state index contributed by atoms with van der Waals surface area (Å²) in [4.78, 5) is 16.8. The molecule has 0 radical (unpaired) electrons. The molecular weight excluding hydrogens is 290 g/mol. The van der Waals surface area contributed by atoms with Crippen molar-refractivity contribution in [1.82, 2.24) is 15.1 Å². The van der Waals surface area contributed by atoms with Crippen molar-refractivity contribution in [2.24, 2.45) is 5.92 Å². The summed E-state index contributed by atoms with van der Waals surface area (Å²) in [6, 6.07) is 0. The normalized spacial score (nSPS) is 23.7. The Balaban J connectivity index is 1.74. The molecule has 1 amide bonds. The largest absolute Gasteiger partial charge is 0.379 e. The summed E-state index contributed by atoms with van der Waals surface area (Å²) >= 11 is 0. The molecule has 0 bridgehead atoms. The van der Waals surface area contributed by atoms with Crippen LogP contribution in [0.1, 0.15) is 34.1 Å². The second-order valence-corrected chi connectivity index (χ2v) is 7.77. The van der Waals surface area contributed by atoms with Gasteiger partial charge in [0.05, 0.1) is 13.2 Å². The van der Waals surface area contributed by atoms with E-state index in [-0.39, 0.29) is 11.4 Å². The molecule has 0 aliphatic carbocycles. The Morgan fingerprint density at radius 3 is 2.61 bits per heavy atom. The Morgan fingerprint density at radius 2 is 1.96 bits per heavy atom. The summed E-state index contributed by atoms with van der Waals surface area (Å²) in [6.07, 6.45) is 2.85. The predicted octanol–water partition coefficient (Wildman–Crippen LogP) is 1.50. The van der Waals surface area contributed by atoms with Crippen molar-refractivity contribution >= 4 is 5.91 Å². The third kappa shape index (κ3) is 5.90. The van der Waals surface area contributed by atoms with Gasteiger partial charge in [0.2, 0.25) is 5.91 Å². The molecule has 0 aromatic heterocycles. The van der Waals surface area contributed by atoms with Crippen molar-refractivity contribution in [2.75, 3.05) is 52.5 Å². The Kier molecular flexibility index (Phi) is 6.62. The lowest BCUT2D eigenvalue weighted by atomic mass is 10.0. The van der Waals surface area contributed by atoms with Gasteiger partial charge in [0.25, 0.3) is 0 Å². The van der Waals surface area contributed by atoms with Crippen molar-refractivity contribution < 1.29 is 9.53 Å². The first-order chi connectivity index (χ1) is 10.9. The number of rotatable bonds is 6. The minimum Gasteiger partial charge on any atom is -0.379 e. The Hall–Kier alpha value is -0.910. The molecule has 0 unspecified atom stereocenters. The summed E-state index contributed by atoms with van der Waals surface area (Å²) < 4.78 is 5.46. The fourth-order valence-electron chi connectivity index (χ4n) is 3.60. The van der Waals surface area contributed by atoms with Crippen molar-refractivity contribution in [3.8, 4) is 0 Å². The Labute approximate surface area is 141 Å². The molecule has 132 valence electrons. The third-order valence-corrected chi connectivity index (χ3v) is 4.83. The summed E-state index contributed by atoms with van der Waals surface area (Å²) in [6.45, 7) is 16.4. The summed E-state index contributed by atoms with van der Waals surface area (Å²) in [5.74, 6) is 0.613. The number of allylic oxidation sites excluding steroid dienone is 1. The van der Waals surface area contributed by atoms with Crippen LogP contribution >= 0.6 is 0 Å². The minimum absolute atomic E-state index is 0.0390. The number of morpholine rings is 1. The monoisotopic (exact) mass is 323 g/mol. The highest BCUT2D eigenvalue weighted by Crippen LogP contribution is 2.22. The molecule has 0 aromatic rings. The molecule has 2 aliphatic rings. The molecule has 5 heteroatoms. The third-order valence-electron chi connectivity index (χ3n) is 4.83. The summed E-state index contributed by atoms with van der Waals surface area (Å²) in [5.41, 5.74) is 1.23. The number of hydrogen-bond acceptors (Lipinski definition) is 4. The molecule has 5 nitrogen and oxygen atoms in total. The van der Waals surface area contributed by atoms with Crippen LogP contribution in [0.3, 0.4) is 0 Å². The first-order valence-corrected chi connectivity index (χ1v) is 8.85. The number of likely N-dealkylation sites (tertiary alicyclic amines) is 1. The van der Waals surface area contributed by atoms with Crippen LogP contribution in [0.2, 0.25) is 0 Å². The van der Waals surface area contributed by atoms with Gasteiger partial charge in [-0.2, -0.15) is 0 Å². The molecule has 23 heavy (non-hydrogen) atoms. The van der Waals surface area contributed by atoms with E-state index < -0.39 is 0 Å². The molecule has 0 saturated carbocycles. The van der Waals surface area contributed by atoms with E-state index >= 15 is 0 Å². The highest BCUT2D eigenvalue weighted by molar-refractivity contribution is 5.87. The number of nitrogens with zero attached hydrogens (tertiary/aromatic N) is 2. The maximum Gasteiger partial charge on any atom is 0.243 e. The van der Waals surface area contributed by atoms with Gasteiger partial charge in [-0.1, -0.05) is 5.57 Å². The van der Waals surface area contributed by atoms with Gasteiger partial charge >= 0.3 is 0 Å². The number of ether oxygens (including phenoxy) is 1. The van der Waals surface area contributed by atoms with Crippen molar-refractivity contribution in [3.63, 3.8) is 0 Å². The van der Waals surface area contributed by atoms with E-state index in [0.717, 1.165) is 58.1 Å². The topological polar surface area (TPSA) is 44.8 Å². The van der Waals surface area contributed by atoms with Crippen LogP contribution in [-0.4, -0.2) is 73.7 Å². The number of nitrogens with one attached hydrogen (secondary N) is 1. The molecule has 2 rings (SSSR count). The average Bonchev–Trinajstić information content (AvgIpc) is 2.92. The molecule has 1 N–H and O–H groups in total. The van der Waals surface area contributed by atoms with E-state index in [1.54, 1.807) is 6.08 Å². The maximum absolute atomic E-state index is 11.7. The highest BCUT2D eigenvalue weighted by atomic mass is 16.5.